The number of hydrogen-bond acceptors (Lipinski definition) is 6. The molecule has 238 valence electrons. The molecule has 1 fully saturated rings. The van der Waals surface area contributed by atoms with Crippen LogP contribution < -0.4 is 15.0 Å². The Kier molecular flexibility index (Phi) is 8.60. The lowest BCUT2D eigenvalue weighted by molar-refractivity contribution is -0.274. The molecule has 2 aliphatic rings. The first-order valence-corrected chi connectivity index (χ1v) is 15.8. The van der Waals surface area contributed by atoms with E-state index in [2.05, 4.69) is 39.0 Å². The maximum atomic E-state index is 13.2. The van der Waals surface area contributed by atoms with Crippen LogP contribution in [0.15, 0.2) is 72.0 Å². The zero-order valence-corrected chi connectivity index (χ0v) is 26.2. The number of aromatic nitrogens is 3. The first-order valence-electron chi connectivity index (χ1n) is 14.8. The van der Waals surface area contributed by atoms with Crippen LogP contribution in [0.4, 0.5) is 23.7 Å². The number of carbonyl (C=O) groups is 2. The smallest absolute Gasteiger partial charge is 0.406 e. The van der Waals surface area contributed by atoms with Crippen LogP contribution in [0.2, 0.25) is 0 Å². The molecule has 9 nitrogen and oxygen atoms in total. The number of hydrogen-bond donors (Lipinski definition) is 1. The van der Waals surface area contributed by atoms with Crippen molar-refractivity contribution in [3.63, 3.8) is 0 Å². The molecule has 1 unspecified atom stereocenters. The normalized spacial score (nSPS) is 17.5. The van der Waals surface area contributed by atoms with E-state index in [1.165, 1.54) is 47.0 Å². The molecule has 3 aromatic carbocycles. The third-order valence-corrected chi connectivity index (χ3v) is 8.73. The molecule has 1 atom stereocenters. The Morgan fingerprint density at radius 1 is 1.07 bits per heavy atom. The van der Waals surface area contributed by atoms with Gasteiger partial charge in [-0.15, -0.1) is 18.3 Å². The van der Waals surface area contributed by atoms with Crippen molar-refractivity contribution >= 4 is 34.6 Å². The minimum absolute atomic E-state index is 0.0814. The van der Waals surface area contributed by atoms with Gasteiger partial charge < -0.3 is 10.1 Å². The van der Waals surface area contributed by atoms with Crippen molar-refractivity contribution in [1.82, 2.24) is 20.1 Å². The highest BCUT2D eigenvalue weighted by Crippen LogP contribution is 2.34. The highest BCUT2D eigenvalue weighted by molar-refractivity contribution is 8.14. The second-order valence-electron chi connectivity index (χ2n) is 11.5. The Morgan fingerprint density at radius 2 is 1.83 bits per heavy atom. The summed E-state index contributed by atoms with van der Waals surface area (Å²) in [5.41, 5.74) is 6.24. The Balaban J connectivity index is 1.14. The minimum atomic E-state index is -4.76. The summed E-state index contributed by atoms with van der Waals surface area (Å²) in [5, 5.41) is 7.89. The maximum absolute atomic E-state index is 13.2. The molecule has 2 heterocycles. The van der Waals surface area contributed by atoms with E-state index < -0.39 is 12.4 Å². The second kappa shape index (κ2) is 12.6. The molecule has 0 bridgehead atoms. The van der Waals surface area contributed by atoms with Crippen molar-refractivity contribution in [2.45, 2.75) is 58.4 Å². The number of thioether (sulfide) groups is 1. The van der Waals surface area contributed by atoms with Crippen LogP contribution >= 0.6 is 11.8 Å². The van der Waals surface area contributed by atoms with Crippen molar-refractivity contribution in [2.75, 3.05) is 10.7 Å². The first-order chi connectivity index (χ1) is 21.9. The minimum Gasteiger partial charge on any atom is -0.406 e. The van der Waals surface area contributed by atoms with Gasteiger partial charge in [-0.25, -0.2) is 14.5 Å². The van der Waals surface area contributed by atoms with Crippen LogP contribution in [0.1, 0.15) is 48.4 Å². The molecule has 3 amide bonds. The van der Waals surface area contributed by atoms with Gasteiger partial charge in [0.25, 0.3) is 0 Å². The fourth-order valence-corrected chi connectivity index (χ4v) is 6.58. The number of aliphatic imine (C=N–C) groups is 1. The van der Waals surface area contributed by atoms with E-state index in [1.54, 1.807) is 4.90 Å². The lowest BCUT2D eigenvalue weighted by atomic mass is 9.98. The van der Waals surface area contributed by atoms with Crippen LogP contribution in [-0.4, -0.2) is 50.0 Å². The highest BCUT2D eigenvalue weighted by atomic mass is 32.2. The van der Waals surface area contributed by atoms with Gasteiger partial charge >= 0.3 is 12.4 Å². The van der Waals surface area contributed by atoms with E-state index in [0.717, 1.165) is 33.5 Å². The number of urea groups is 1. The summed E-state index contributed by atoms with van der Waals surface area (Å²) in [5.74, 6) is 0.793. The number of amidine groups is 1. The van der Waals surface area contributed by atoms with Gasteiger partial charge in [0, 0.05) is 23.8 Å². The number of nitrogens with zero attached hydrogens (tertiary/aromatic N) is 5. The topological polar surface area (TPSA) is 102 Å². The summed E-state index contributed by atoms with van der Waals surface area (Å²) >= 11 is 1.40. The lowest BCUT2D eigenvalue weighted by Gasteiger charge is -2.30. The van der Waals surface area contributed by atoms with E-state index in [-0.39, 0.29) is 23.6 Å². The van der Waals surface area contributed by atoms with Crippen molar-refractivity contribution < 1.29 is 27.5 Å². The molecule has 1 aliphatic heterocycles. The molecule has 4 aromatic rings. The van der Waals surface area contributed by atoms with Gasteiger partial charge in [-0.05, 0) is 84.3 Å². The van der Waals surface area contributed by atoms with E-state index in [1.807, 2.05) is 43.3 Å². The Hall–Kier alpha value is -4.65. The molecule has 1 aliphatic carbocycles. The number of rotatable bonds is 6. The predicted octanol–water partition coefficient (Wildman–Crippen LogP) is 6.97. The third kappa shape index (κ3) is 6.94. The molecule has 1 aromatic heterocycles. The summed E-state index contributed by atoms with van der Waals surface area (Å²) in [6.45, 7) is 6.12. The zero-order chi connectivity index (χ0) is 32.6. The van der Waals surface area contributed by atoms with Gasteiger partial charge in [0.1, 0.15) is 12.1 Å². The number of halogens is 3. The average molecular weight is 649 g/mol. The standard InChI is InChI=1S/C33H31F3N6O3S/c1-19(2)27-11-4-20(3)14-28(27)42-29(43)12-13-46-32(42)39-31(44)38-24-16-21-5-6-22(15-23(21)17-24)30-37-18-41(40-30)25-7-9-26(10-8-25)45-33(34,35)36/h4-11,14-15,18-19,24H,12-13,16-17H2,1-3H3,(H,38,44)/b39-32-. The number of fused-ring (bicyclic) bond motifs is 1. The predicted molar refractivity (Wildman–Crippen MR) is 170 cm³/mol. The van der Waals surface area contributed by atoms with E-state index in [4.69, 9.17) is 0 Å². The van der Waals surface area contributed by atoms with Crippen LogP contribution in [0.25, 0.3) is 17.1 Å². The van der Waals surface area contributed by atoms with Crippen LogP contribution in [0.5, 0.6) is 5.75 Å². The van der Waals surface area contributed by atoms with Gasteiger partial charge in [0.05, 0.1) is 11.4 Å². The number of nitrogens with one attached hydrogen (secondary N) is 1. The number of ether oxygens (including phenoxy) is 1. The zero-order valence-electron chi connectivity index (χ0n) is 25.3. The third-order valence-electron chi connectivity index (χ3n) is 7.79. The van der Waals surface area contributed by atoms with Gasteiger partial charge in [0.15, 0.2) is 11.0 Å². The summed E-state index contributed by atoms with van der Waals surface area (Å²) in [6, 6.07) is 16.6. The summed E-state index contributed by atoms with van der Waals surface area (Å²) in [7, 11) is 0. The summed E-state index contributed by atoms with van der Waals surface area (Å²) in [6.07, 6.45) is -1.69. The van der Waals surface area contributed by atoms with Gasteiger partial charge in [-0.3, -0.25) is 9.69 Å². The van der Waals surface area contributed by atoms with Crippen molar-refractivity contribution in [3.8, 4) is 22.8 Å². The molecule has 0 spiro atoms. The number of aryl methyl sites for hydroxylation is 1. The quantitative estimate of drug-likeness (QED) is 0.243. The molecule has 1 saturated heterocycles. The molecule has 1 N–H and O–H groups in total. The first kappa shape index (κ1) is 31.3. The number of anilines is 1. The molecule has 0 saturated carbocycles. The van der Waals surface area contributed by atoms with Crippen molar-refractivity contribution in [3.05, 3.63) is 89.2 Å². The molecule has 6 rings (SSSR count). The summed E-state index contributed by atoms with van der Waals surface area (Å²) < 4.78 is 42.8. The number of alkyl halides is 3. The van der Waals surface area contributed by atoms with Crippen molar-refractivity contribution in [2.24, 2.45) is 4.99 Å². The SMILES string of the molecule is Cc1ccc(C(C)C)c(N2C(=O)CCS/C2=N\C(=O)NC2Cc3ccc(-c4ncn(-c5ccc(OC(F)(F)F)cc5)n4)cc3C2)c1. The van der Waals surface area contributed by atoms with Crippen LogP contribution in [0, 0.1) is 6.92 Å². The average Bonchev–Trinajstić information content (AvgIpc) is 3.63. The number of benzene rings is 3. The van der Waals surface area contributed by atoms with E-state index >= 15 is 0 Å². The largest absolute Gasteiger partial charge is 0.573 e. The number of amides is 3. The molecule has 13 heteroatoms. The maximum Gasteiger partial charge on any atom is 0.573 e. The monoisotopic (exact) mass is 648 g/mol. The van der Waals surface area contributed by atoms with Crippen molar-refractivity contribution in [1.29, 1.82) is 0 Å². The van der Waals surface area contributed by atoms with Crippen LogP contribution in [0.3, 0.4) is 0 Å². The van der Waals surface area contributed by atoms with Crippen LogP contribution in [-0.2, 0) is 17.6 Å². The molecular formula is C33H31F3N6O3S. The molecule has 0 radical (unpaired) electrons. The van der Waals surface area contributed by atoms with E-state index in [0.29, 0.717) is 41.7 Å². The Labute approximate surface area is 267 Å². The Morgan fingerprint density at radius 3 is 2.57 bits per heavy atom. The van der Waals surface area contributed by atoms with Gasteiger partial charge in [-0.1, -0.05) is 49.9 Å². The number of carbonyl (C=O) groups excluding carboxylic acids is 2. The fraction of sp³-hybridized carbons (Fsp3) is 0.303. The van der Waals surface area contributed by atoms with E-state index in [9.17, 15) is 22.8 Å². The molecule has 46 heavy (non-hydrogen) atoms. The summed E-state index contributed by atoms with van der Waals surface area (Å²) in [4.78, 5) is 36.6. The van der Waals surface area contributed by atoms with Gasteiger partial charge in [0.2, 0.25) is 5.91 Å². The fourth-order valence-electron chi connectivity index (χ4n) is 5.64. The highest BCUT2D eigenvalue weighted by Gasteiger charge is 2.32. The second-order valence-corrected chi connectivity index (χ2v) is 12.6. The van der Waals surface area contributed by atoms with Gasteiger partial charge in [-0.2, -0.15) is 4.99 Å². The lowest BCUT2D eigenvalue weighted by Crippen LogP contribution is -2.42. The molecular weight excluding hydrogens is 617 g/mol. The Bertz CT molecular complexity index is 1820.